The molecule has 32 heavy (non-hydrogen) atoms. The molecule has 3 rings (SSSR count). The number of methoxy groups -OCH3 is 1. The summed E-state index contributed by atoms with van der Waals surface area (Å²) in [5, 5.41) is 4.44. The van der Waals surface area contributed by atoms with E-state index >= 15 is 0 Å². The van der Waals surface area contributed by atoms with Gasteiger partial charge in [0, 0.05) is 18.8 Å². The molecule has 0 amide bonds. The van der Waals surface area contributed by atoms with Crippen LogP contribution in [-0.2, 0) is 13.7 Å². The van der Waals surface area contributed by atoms with Crippen LogP contribution in [0, 0.1) is 6.92 Å². The van der Waals surface area contributed by atoms with Gasteiger partial charge in [-0.15, -0.1) is 0 Å². The molecule has 0 spiro atoms. The first kappa shape index (κ1) is 24.7. The van der Waals surface area contributed by atoms with E-state index in [-0.39, 0.29) is 43.3 Å². The van der Waals surface area contributed by atoms with E-state index in [0.29, 0.717) is 22.6 Å². The Morgan fingerprint density at radius 2 is 1.69 bits per heavy atom. The quantitative estimate of drug-likeness (QED) is 0.136. The number of hydrogen-bond donors (Lipinski definition) is 0. The van der Waals surface area contributed by atoms with Crippen molar-refractivity contribution in [1.29, 1.82) is 0 Å². The molecule has 0 radical (unpaired) electrons. The summed E-state index contributed by atoms with van der Waals surface area (Å²) >= 11 is 30.7. The van der Waals surface area contributed by atoms with E-state index in [1.165, 1.54) is 6.08 Å². The van der Waals surface area contributed by atoms with Crippen LogP contribution < -0.4 is 9.47 Å². The van der Waals surface area contributed by atoms with Gasteiger partial charge in [-0.2, -0.15) is 5.10 Å². The Morgan fingerprint density at radius 1 is 1.06 bits per heavy atom. The lowest BCUT2D eigenvalue weighted by Gasteiger charge is -2.15. The summed E-state index contributed by atoms with van der Waals surface area (Å²) in [5.74, 6) is 0.543. The van der Waals surface area contributed by atoms with E-state index in [1.54, 1.807) is 44.1 Å². The zero-order valence-corrected chi connectivity index (χ0v) is 21.0. The zero-order chi connectivity index (χ0) is 23.6. The van der Waals surface area contributed by atoms with E-state index in [0.717, 1.165) is 5.56 Å². The van der Waals surface area contributed by atoms with Gasteiger partial charge in [0.15, 0.2) is 11.5 Å². The minimum Gasteiger partial charge on any atom is -0.496 e. The molecule has 168 valence electrons. The second kappa shape index (κ2) is 10.4. The van der Waals surface area contributed by atoms with Gasteiger partial charge in [0.2, 0.25) is 0 Å². The van der Waals surface area contributed by atoms with Gasteiger partial charge < -0.3 is 9.47 Å². The molecule has 2 aromatic carbocycles. The van der Waals surface area contributed by atoms with Crippen LogP contribution in [0.1, 0.15) is 27.2 Å². The van der Waals surface area contributed by atoms with Crippen molar-refractivity contribution in [3.8, 4) is 11.5 Å². The fourth-order valence-corrected chi connectivity index (χ4v) is 4.21. The number of halogens is 5. The molecule has 0 N–H and O–H groups in total. The van der Waals surface area contributed by atoms with Crippen LogP contribution in [0.25, 0.3) is 6.08 Å². The number of aryl methyl sites for hydroxylation is 2. The van der Waals surface area contributed by atoms with Crippen LogP contribution in [0.4, 0.5) is 0 Å². The number of aromatic nitrogens is 2. The maximum absolute atomic E-state index is 12.5. The number of rotatable bonds is 7. The van der Waals surface area contributed by atoms with Crippen molar-refractivity contribution in [3.63, 3.8) is 0 Å². The van der Waals surface area contributed by atoms with Crippen molar-refractivity contribution in [2.45, 2.75) is 13.5 Å². The van der Waals surface area contributed by atoms with E-state index in [2.05, 4.69) is 5.10 Å². The molecule has 0 saturated carbocycles. The molecule has 0 bridgehead atoms. The predicted molar refractivity (Wildman–Crippen MR) is 130 cm³/mol. The highest BCUT2D eigenvalue weighted by atomic mass is 35.5. The SMILES string of the molecule is COc1ccc(/C=C/C(=O)c2cn(C)nc2C)cc1COc1c(Cl)c(Cl)c(Cl)c(Cl)c1Cl. The van der Waals surface area contributed by atoms with E-state index < -0.39 is 0 Å². The number of nitrogens with zero attached hydrogens (tertiary/aromatic N) is 2. The van der Waals surface area contributed by atoms with Crippen molar-refractivity contribution >= 4 is 69.9 Å². The molecule has 0 aliphatic carbocycles. The lowest BCUT2D eigenvalue weighted by Crippen LogP contribution is -2.01. The Balaban J connectivity index is 1.85. The van der Waals surface area contributed by atoms with Gasteiger partial charge in [0.05, 0.1) is 33.4 Å². The Bertz CT molecular complexity index is 1190. The summed E-state index contributed by atoms with van der Waals surface area (Å²) in [6.45, 7) is 1.84. The van der Waals surface area contributed by atoms with Gasteiger partial charge in [0.25, 0.3) is 0 Å². The second-order valence-electron chi connectivity index (χ2n) is 6.76. The van der Waals surface area contributed by atoms with Crippen molar-refractivity contribution in [1.82, 2.24) is 9.78 Å². The van der Waals surface area contributed by atoms with Crippen molar-refractivity contribution in [3.05, 3.63) is 78.0 Å². The van der Waals surface area contributed by atoms with Crippen LogP contribution in [0.15, 0.2) is 30.5 Å². The number of allylic oxidation sites excluding steroid dienone is 1. The van der Waals surface area contributed by atoms with Crippen LogP contribution in [0.3, 0.4) is 0 Å². The van der Waals surface area contributed by atoms with Crippen LogP contribution in [0.2, 0.25) is 25.1 Å². The maximum Gasteiger partial charge on any atom is 0.189 e. The van der Waals surface area contributed by atoms with Gasteiger partial charge in [-0.3, -0.25) is 9.48 Å². The average molecular weight is 535 g/mol. The summed E-state index contributed by atoms with van der Waals surface area (Å²) in [6, 6.07) is 5.40. The van der Waals surface area contributed by atoms with Gasteiger partial charge in [-0.05, 0) is 30.7 Å². The van der Waals surface area contributed by atoms with Gasteiger partial charge in [-0.25, -0.2) is 0 Å². The summed E-state index contributed by atoms with van der Waals surface area (Å²) in [4.78, 5) is 12.5. The number of carbonyl (C=O) groups excluding carboxylic acids is 1. The first-order valence-corrected chi connectivity index (χ1v) is 11.1. The number of hydrogen-bond acceptors (Lipinski definition) is 4. The highest BCUT2D eigenvalue weighted by Gasteiger charge is 2.21. The lowest BCUT2D eigenvalue weighted by molar-refractivity contribution is 0.104. The minimum absolute atomic E-state index is 0.0468. The fraction of sp³-hybridized carbons (Fsp3) is 0.182. The standard InChI is InChI=1S/C22H17Cl5N2O3/c1-11-14(9-29(2)28-11)15(30)6-4-12-5-7-16(31-3)13(8-12)10-32-22-20(26)18(24)17(23)19(25)21(22)27/h4-9H,10H2,1-3H3/b6-4+. The highest BCUT2D eigenvalue weighted by Crippen LogP contribution is 2.48. The molecule has 1 heterocycles. The topological polar surface area (TPSA) is 53.4 Å². The molecule has 5 nitrogen and oxygen atoms in total. The number of carbonyl (C=O) groups is 1. The summed E-state index contributed by atoms with van der Waals surface area (Å²) < 4.78 is 12.8. The van der Waals surface area contributed by atoms with Crippen LogP contribution >= 0.6 is 58.0 Å². The predicted octanol–water partition coefficient (Wildman–Crippen LogP) is 7.48. The Kier molecular flexibility index (Phi) is 8.01. The van der Waals surface area contributed by atoms with Crippen molar-refractivity contribution in [2.24, 2.45) is 7.05 Å². The van der Waals surface area contributed by atoms with Gasteiger partial charge in [0.1, 0.15) is 22.4 Å². The third kappa shape index (κ3) is 5.19. The Hall–Kier alpha value is -1.89. The van der Waals surface area contributed by atoms with Crippen LogP contribution in [-0.4, -0.2) is 22.7 Å². The number of benzene rings is 2. The van der Waals surface area contributed by atoms with Gasteiger partial charge >= 0.3 is 0 Å². The highest BCUT2D eigenvalue weighted by molar-refractivity contribution is 6.55. The number of ether oxygens (including phenoxy) is 2. The van der Waals surface area contributed by atoms with Crippen LogP contribution in [0.5, 0.6) is 11.5 Å². The first-order valence-electron chi connectivity index (χ1n) is 9.17. The first-order chi connectivity index (χ1) is 15.1. The third-order valence-corrected chi connectivity index (χ3v) is 6.79. The molecule has 3 aromatic rings. The molecule has 0 atom stereocenters. The molecule has 0 saturated heterocycles. The summed E-state index contributed by atoms with van der Waals surface area (Å²) in [6.07, 6.45) is 4.88. The number of ketones is 1. The zero-order valence-electron chi connectivity index (χ0n) is 17.2. The average Bonchev–Trinajstić information content (AvgIpc) is 3.12. The van der Waals surface area contributed by atoms with E-state index in [4.69, 9.17) is 67.5 Å². The molecule has 10 heteroatoms. The largest absolute Gasteiger partial charge is 0.496 e. The molecule has 0 aliphatic rings. The minimum atomic E-state index is -0.145. The molecule has 0 unspecified atom stereocenters. The van der Waals surface area contributed by atoms with Gasteiger partial charge in [-0.1, -0.05) is 70.1 Å². The fourth-order valence-electron chi connectivity index (χ4n) is 2.98. The molecule has 1 aromatic heterocycles. The monoisotopic (exact) mass is 532 g/mol. The second-order valence-corrected chi connectivity index (χ2v) is 8.65. The van der Waals surface area contributed by atoms with E-state index in [9.17, 15) is 4.79 Å². The maximum atomic E-state index is 12.5. The van der Waals surface area contributed by atoms with E-state index in [1.807, 2.05) is 12.1 Å². The molecule has 0 fully saturated rings. The summed E-state index contributed by atoms with van der Waals surface area (Å²) in [7, 11) is 3.31. The van der Waals surface area contributed by atoms with Crippen molar-refractivity contribution < 1.29 is 14.3 Å². The molecule has 0 aliphatic heterocycles. The summed E-state index contributed by atoms with van der Waals surface area (Å²) in [5.41, 5.74) is 2.67. The lowest BCUT2D eigenvalue weighted by atomic mass is 10.1. The smallest absolute Gasteiger partial charge is 0.189 e. The molecular weight excluding hydrogens is 518 g/mol. The molecular formula is C22H17Cl5N2O3. The Labute approximate surface area is 210 Å². The normalized spacial score (nSPS) is 11.2. The third-order valence-electron chi connectivity index (χ3n) is 4.55. The Morgan fingerprint density at radius 3 is 2.25 bits per heavy atom. The van der Waals surface area contributed by atoms with Crippen molar-refractivity contribution in [2.75, 3.05) is 7.11 Å².